The summed E-state index contributed by atoms with van der Waals surface area (Å²) in [5, 5.41) is 8.27. The van der Waals surface area contributed by atoms with E-state index < -0.39 is 0 Å². The first-order valence-corrected chi connectivity index (χ1v) is 17.7. The molecule has 3 aromatic heterocycles. The molecule has 0 fully saturated rings. The van der Waals surface area contributed by atoms with Gasteiger partial charge in [-0.2, -0.15) is 0 Å². The van der Waals surface area contributed by atoms with E-state index in [9.17, 15) is 0 Å². The monoisotopic (exact) mass is 662 g/mol. The quantitative estimate of drug-likeness (QED) is 0.188. The summed E-state index contributed by atoms with van der Waals surface area (Å²) < 4.78 is 4.60. The molecule has 8 aromatic carbocycles. The maximum Gasteiger partial charge on any atom is 0.235 e. The number of rotatable bonds is 4. The molecule has 0 radical (unpaired) electrons. The Labute approximate surface area is 299 Å². The molecule has 4 nitrogen and oxygen atoms in total. The van der Waals surface area contributed by atoms with Crippen LogP contribution in [-0.2, 0) is 0 Å². The van der Waals surface area contributed by atoms with Gasteiger partial charge in [0.05, 0.1) is 33.3 Å². The molecule has 0 aliphatic rings. The van der Waals surface area contributed by atoms with E-state index in [-0.39, 0.29) is 0 Å². The number of hydrogen-bond donors (Lipinski definition) is 0. The van der Waals surface area contributed by atoms with E-state index in [1.165, 1.54) is 48.9 Å². The lowest BCUT2D eigenvalue weighted by Crippen LogP contribution is -2.03. The molecular weight excluding hydrogens is 633 g/mol. The van der Waals surface area contributed by atoms with E-state index in [1.54, 1.807) is 0 Å². The maximum absolute atomic E-state index is 5.43. The van der Waals surface area contributed by atoms with E-state index in [0.717, 1.165) is 44.4 Å². The van der Waals surface area contributed by atoms with E-state index in [0.29, 0.717) is 5.95 Å². The van der Waals surface area contributed by atoms with Gasteiger partial charge in [-0.3, -0.25) is 4.57 Å². The summed E-state index contributed by atoms with van der Waals surface area (Å²) in [5.74, 6) is 0.661. The lowest BCUT2D eigenvalue weighted by Gasteiger charge is -2.14. The number of hydrogen-bond acceptors (Lipinski definition) is 2. The van der Waals surface area contributed by atoms with Crippen molar-refractivity contribution in [3.05, 3.63) is 182 Å². The molecule has 0 spiro atoms. The highest BCUT2D eigenvalue weighted by Crippen LogP contribution is 2.41. The van der Waals surface area contributed by atoms with Crippen LogP contribution in [0.3, 0.4) is 0 Å². The molecule has 11 rings (SSSR count). The first-order chi connectivity index (χ1) is 25.8. The number of nitrogens with zero attached hydrogens (tertiary/aromatic N) is 4. The minimum atomic E-state index is 0.661. The van der Waals surface area contributed by atoms with Gasteiger partial charge in [0.1, 0.15) is 0 Å². The van der Waals surface area contributed by atoms with Crippen LogP contribution in [0.25, 0.3) is 99.3 Å². The minimum absolute atomic E-state index is 0.661. The van der Waals surface area contributed by atoms with Gasteiger partial charge in [-0.25, -0.2) is 9.97 Å². The Morgan fingerprint density at radius 1 is 0.365 bits per heavy atom. The smallest absolute Gasteiger partial charge is 0.235 e. The van der Waals surface area contributed by atoms with Gasteiger partial charge in [0, 0.05) is 38.2 Å². The summed E-state index contributed by atoms with van der Waals surface area (Å²) in [5.41, 5.74) is 10.9. The van der Waals surface area contributed by atoms with Gasteiger partial charge in [-0.15, -0.1) is 0 Å². The van der Waals surface area contributed by atoms with Crippen molar-refractivity contribution >= 4 is 65.3 Å². The van der Waals surface area contributed by atoms with E-state index >= 15 is 0 Å². The topological polar surface area (TPSA) is 35.6 Å². The second kappa shape index (κ2) is 11.2. The van der Waals surface area contributed by atoms with Crippen molar-refractivity contribution in [1.29, 1.82) is 0 Å². The highest BCUT2D eigenvalue weighted by molar-refractivity contribution is 6.17. The molecule has 0 aliphatic heterocycles. The molecule has 0 atom stereocenters. The third-order valence-electron chi connectivity index (χ3n) is 10.5. The van der Waals surface area contributed by atoms with Crippen molar-refractivity contribution in [2.24, 2.45) is 0 Å². The van der Waals surface area contributed by atoms with E-state index in [4.69, 9.17) is 9.97 Å². The first kappa shape index (κ1) is 28.8. The van der Waals surface area contributed by atoms with Crippen LogP contribution in [0.1, 0.15) is 0 Å². The maximum atomic E-state index is 5.43. The lowest BCUT2D eigenvalue weighted by atomic mass is 9.96. The summed E-state index contributed by atoms with van der Waals surface area (Å²) in [6, 6.07) is 64.8. The molecule has 52 heavy (non-hydrogen) atoms. The van der Waals surface area contributed by atoms with Gasteiger partial charge >= 0.3 is 0 Å². The normalized spacial score (nSPS) is 11.8. The largest absolute Gasteiger partial charge is 0.309 e. The Hall–Kier alpha value is -7.04. The number of benzene rings is 8. The molecule has 0 saturated carbocycles. The molecule has 4 heteroatoms. The van der Waals surface area contributed by atoms with Gasteiger partial charge < -0.3 is 4.57 Å². The second-order valence-electron chi connectivity index (χ2n) is 13.4. The molecule has 0 aliphatic carbocycles. The van der Waals surface area contributed by atoms with Gasteiger partial charge in [0.2, 0.25) is 5.95 Å². The SMILES string of the molecule is c1ccc(-c2nc(-n3c4ccccc4c4cc5ccccc5cc43)nc3ccc(-c4cccc5c4c4ccccc4n5-c4ccccc4)cc23)cc1. The summed E-state index contributed by atoms with van der Waals surface area (Å²) in [4.78, 5) is 10.8. The molecule has 0 N–H and O–H groups in total. The summed E-state index contributed by atoms with van der Waals surface area (Å²) >= 11 is 0. The first-order valence-electron chi connectivity index (χ1n) is 17.7. The number of aromatic nitrogens is 4. The van der Waals surface area contributed by atoms with Gasteiger partial charge in [0.15, 0.2) is 0 Å². The molecular formula is C48H30N4. The Kier molecular flexibility index (Phi) is 6.22. The van der Waals surface area contributed by atoms with Gasteiger partial charge in [0.25, 0.3) is 0 Å². The summed E-state index contributed by atoms with van der Waals surface area (Å²) in [7, 11) is 0. The molecule has 0 amide bonds. The highest BCUT2D eigenvalue weighted by Gasteiger charge is 2.20. The van der Waals surface area contributed by atoms with Crippen LogP contribution in [0, 0.1) is 0 Å². The summed E-state index contributed by atoms with van der Waals surface area (Å²) in [6.07, 6.45) is 0. The summed E-state index contributed by atoms with van der Waals surface area (Å²) in [6.45, 7) is 0. The molecule has 0 unspecified atom stereocenters. The average Bonchev–Trinajstić information content (AvgIpc) is 3.72. The predicted molar refractivity (Wildman–Crippen MR) is 217 cm³/mol. The Balaban J connectivity index is 1.18. The van der Waals surface area contributed by atoms with Crippen molar-refractivity contribution in [1.82, 2.24) is 19.1 Å². The minimum Gasteiger partial charge on any atom is -0.309 e. The van der Waals surface area contributed by atoms with Crippen molar-refractivity contribution in [3.63, 3.8) is 0 Å². The zero-order valence-corrected chi connectivity index (χ0v) is 28.1. The molecule has 0 saturated heterocycles. The standard InChI is InChI=1S/C48H30N4/c1-3-14-31(15-4-1)47-40-29-34(36-22-13-25-44-46(36)38-21-10-12-24-43(38)51(44)35-18-5-2-6-19-35)26-27-41(40)49-48(50-47)52-42-23-11-9-20-37(42)39-28-32-16-7-8-17-33(32)30-45(39)52/h1-30H. The van der Waals surface area contributed by atoms with Gasteiger partial charge in [-0.05, 0) is 76.5 Å². The van der Waals surface area contributed by atoms with Crippen molar-refractivity contribution in [2.45, 2.75) is 0 Å². The molecule has 3 heterocycles. The molecule has 0 bridgehead atoms. The fraction of sp³-hybridized carbons (Fsp3) is 0. The van der Waals surface area contributed by atoms with Crippen LogP contribution in [0.5, 0.6) is 0 Å². The Bertz CT molecular complexity index is 3170. The number of fused-ring (bicyclic) bond motifs is 8. The second-order valence-corrected chi connectivity index (χ2v) is 13.4. The zero-order valence-electron chi connectivity index (χ0n) is 28.1. The van der Waals surface area contributed by atoms with Crippen LogP contribution >= 0.6 is 0 Å². The molecule has 11 aromatic rings. The van der Waals surface area contributed by atoms with Crippen LogP contribution in [0.4, 0.5) is 0 Å². The third-order valence-corrected chi connectivity index (χ3v) is 10.5. The number of para-hydroxylation sites is 3. The van der Waals surface area contributed by atoms with Crippen LogP contribution in [0.15, 0.2) is 182 Å². The third kappa shape index (κ3) is 4.28. The van der Waals surface area contributed by atoms with E-state index in [2.05, 4.69) is 191 Å². The zero-order chi connectivity index (χ0) is 34.2. The fourth-order valence-corrected chi connectivity index (χ4v) is 8.19. The lowest BCUT2D eigenvalue weighted by molar-refractivity contribution is 1.01. The van der Waals surface area contributed by atoms with Crippen molar-refractivity contribution < 1.29 is 0 Å². The van der Waals surface area contributed by atoms with Crippen LogP contribution in [0.2, 0.25) is 0 Å². The van der Waals surface area contributed by atoms with Crippen molar-refractivity contribution in [2.75, 3.05) is 0 Å². The van der Waals surface area contributed by atoms with Gasteiger partial charge in [-0.1, -0.05) is 127 Å². The Morgan fingerprint density at radius 2 is 1.02 bits per heavy atom. The Morgan fingerprint density at radius 3 is 1.83 bits per heavy atom. The molecule has 242 valence electrons. The fourth-order valence-electron chi connectivity index (χ4n) is 8.19. The van der Waals surface area contributed by atoms with E-state index in [1.807, 2.05) is 0 Å². The predicted octanol–water partition coefficient (Wildman–Crippen LogP) is 12.3. The van der Waals surface area contributed by atoms with Crippen LogP contribution in [-0.4, -0.2) is 19.1 Å². The average molecular weight is 663 g/mol. The van der Waals surface area contributed by atoms with Crippen molar-refractivity contribution in [3.8, 4) is 34.0 Å². The highest BCUT2D eigenvalue weighted by atomic mass is 15.2. The van der Waals surface area contributed by atoms with Crippen LogP contribution < -0.4 is 0 Å².